The summed E-state index contributed by atoms with van der Waals surface area (Å²) >= 11 is 6.12. The molecule has 3 rings (SSSR count). The molecule has 0 N–H and O–H groups in total. The Bertz CT molecular complexity index is 1130. The second-order valence-corrected chi connectivity index (χ2v) is 7.52. The fourth-order valence-corrected chi connectivity index (χ4v) is 3.91. The Balaban J connectivity index is 2.19. The Morgan fingerprint density at radius 3 is 2.57 bits per heavy atom. The van der Waals surface area contributed by atoms with Gasteiger partial charge in [0.1, 0.15) is 11.6 Å². The molecule has 1 heterocycles. The Kier molecular flexibility index (Phi) is 6.87. The van der Waals surface area contributed by atoms with Gasteiger partial charge >= 0.3 is 0 Å². The van der Waals surface area contributed by atoms with E-state index >= 15 is 0 Å². The molecule has 1 atom stereocenters. The molecule has 7 heteroatoms. The molecule has 0 saturated heterocycles. The molecule has 0 bridgehead atoms. The molecule has 1 aromatic heterocycles. The quantitative estimate of drug-likeness (QED) is 0.517. The first-order valence-corrected chi connectivity index (χ1v) is 10.6. The van der Waals surface area contributed by atoms with Gasteiger partial charge in [-0.1, -0.05) is 37.6 Å². The third-order valence-electron chi connectivity index (χ3n) is 5.15. The Morgan fingerprint density at radius 1 is 1.20 bits per heavy atom. The molecule has 2 aromatic carbocycles. The lowest BCUT2D eigenvalue weighted by molar-refractivity contribution is 0.0652. The van der Waals surface area contributed by atoms with Crippen LogP contribution in [0.5, 0.6) is 0 Å². The number of benzene rings is 2. The van der Waals surface area contributed by atoms with E-state index in [2.05, 4.69) is 0 Å². The zero-order valence-electron chi connectivity index (χ0n) is 17.4. The molecule has 158 valence electrons. The number of hydrogen-bond acceptors (Lipinski definition) is 3. The summed E-state index contributed by atoms with van der Waals surface area (Å²) in [6, 6.07) is 10.4. The molecule has 5 nitrogen and oxygen atoms in total. The van der Waals surface area contributed by atoms with Crippen LogP contribution in [0.1, 0.15) is 55.8 Å². The summed E-state index contributed by atoms with van der Waals surface area (Å²) in [5.41, 5.74) is 0.321. The largest absolute Gasteiger partial charge is 0.328 e. The van der Waals surface area contributed by atoms with Crippen molar-refractivity contribution in [2.45, 2.75) is 46.2 Å². The second-order valence-electron chi connectivity index (χ2n) is 7.08. The highest BCUT2D eigenvalue weighted by molar-refractivity contribution is 6.31. The number of nitrogens with zero attached hydrogens (tertiary/aromatic N) is 3. The van der Waals surface area contributed by atoms with Crippen molar-refractivity contribution < 1.29 is 9.18 Å². The summed E-state index contributed by atoms with van der Waals surface area (Å²) in [5, 5.41) is 0.956. The van der Waals surface area contributed by atoms with Crippen LogP contribution in [-0.2, 0) is 6.54 Å². The highest BCUT2D eigenvalue weighted by Crippen LogP contribution is 2.27. The van der Waals surface area contributed by atoms with E-state index in [0.29, 0.717) is 47.7 Å². The standard InChI is InChI=1S/C23H25ClFN3O2/c1-4-13-28(22(29)16-9-7-8-10-18(16)25)20(5-2)21-26-19-14-15(24)11-12-17(19)23(30)27(21)6-3/h7-12,14,20H,4-6,13H2,1-3H3. The minimum absolute atomic E-state index is 0.0126. The molecule has 0 fully saturated rings. The summed E-state index contributed by atoms with van der Waals surface area (Å²) in [5.74, 6) is -0.493. The van der Waals surface area contributed by atoms with Crippen molar-refractivity contribution in [3.63, 3.8) is 0 Å². The number of fused-ring (bicyclic) bond motifs is 1. The molecule has 1 unspecified atom stereocenters. The normalized spacial score (nSPS) is 12.2. The van der Waals surface area contributed by atoms with Crippen LogP contribution in [-0.4, -0.2) is 26.9 Å². The molecular weight excluding hydrogens is 405 g/mol. The predicted molar refractivity (Wildman–Crippen MR) is 117 cm³/mol. The van der Waals surface area contributed by atoms with Gasteiger partial charge in [0.2, 0.25) is 0 Å². The third kappa shape index (κ3) is 4.10. The second kappa shape index (κ2) is 9.39. The predicted octanol–water partition coefficient (Wildman–Crippen LogP) is 5.21. The molecule has 0 saturated carbocycles. The van der Waals surface area contributed by atoms with Crippen LogP contribution < -0.4 is 5.56 Å². The fraction of sp³-hybridized carbons (Fsp3) is 0.348. The minimum atomic E-state index is -0.565. The van der Waals surface area contributed by atoms with E-state index in [1.165, 1.54) is 12.1 Å². The summed E-state index contributed by atoms with van der Waals surface area (Å²) in [7, 11) is 0. The van der Waals surface area contributed by atoms with Gasteiger partial charge in [0.15, 0.2) is 0 Å². The molecule has 0 aliphatic carbocycles. The molecule has 1 amide bonds. The number of aromatic nitrogens is 2. The number of amides is 1. The van der Waals surface area contributed by atoms with Crippen molar-refractivity contribution in [1.29, 1.82) is 0 Å². The SMILES string of the molecule is CCCN(C(=O)c1ccccc1F)C(CC)c1nc2cc(Cl)ccc2c(=O)n1CC. The number of carbonyl (C=O) groups excluding carboxylic acids is 1. The monoisotopic (exact) mass is 429 g/mol. The number of rotatable bonds is 7. The van der Waals surface area contributed by atoms with Crippen LogP contribution in [0.2, 0.25) is 5.02 Å². The third-order valence-corrected chi connectivity index (χ3v) is 5.39. The van der Waals surface area contributed by atoms with Crippen molar-refractivity contribution in [2.75, 3.05) is 6.54 Å². The van der Waals surface area contributed by atoms with E-state index in [0.717, 1.165) is 0 Å². The maximum absolute atomic E-state index is 14.3. The molecule has 0 spiro atoms. The minimum Gasteiger partial charge on any atom is -0.328 e. The number of hydrogen-bond donors (Lipinski definition) is 0. The van der Waals surface area contributed by atoms with Crippen molar-refractivity contribution in [3.8, 4) is 0 Å². The van der Waals surface area contributed by atoms with Gasteiger partial charge in [-0.3, -0.25) is 14.2 Å². The van der Waals surface area contributed by atoms with Crippen LogP contribution in [0.4, 0.5) is 4.39 Å². The first-order chi connectivity index (χ1) is 14.4. The van der Waals surface area contributed by atoms with Gasteiger partial charge in [-0.25, -0.2) is 9.37 Å². The van der Waals surface area contributed by atoms with Crippen molar-refractivity contribution in [2.24, 2.45) is 0 Å². The highest BCUT2D eigenvalue weighted by Gasteiger charge is 2.29. The molecule has 0 radical (unpaired) electrons. The van der Waals surface area contributed by atoms with Gasteiger partial charge in [-0.05, 0) is 50.1 Å². The first kappa shape index (κ1) is 22.0. The van der Waals surface area contributed by atoms with Crippen molar-refractivity contribution in [1.82, 2.24) is 14.5 Å². The number of carbonyl (C=O) groups is 1. The van der Waals surface area contributed by atoms with Crippen LogP contribution in [0.15, 0.2) is 47.3 Å². The Hall–Kier alpha value is -2.73. The van der Waals surface area contributed by atoms with Gasteiger partial charge in [-0.2, -0.15) is 0 Å². The van der Waals surface area contributed by atoms with Crippen molar-refractivity contribution in [3.05, 3.63) is 75.0 Å². The Morgan fingerprint density at radius 2 is 1.93 bits per heavy atom. The summed E-state index contributed by atoms with van der Waals surface area (Å²) < 4.78 is 15.9. The van der Waals surface area contributed by atoms with Gasteiger partial charge in [-0.15, -0.1) is 0 Å². The van der Waals surface area contributed by atoms with E-state index in [1.807, 2.05) is 20.8 Å². The van der Waals surface area contributed by atoms with E-state index in [4.69, 9.17) is 16.6 Å². The van der Waals surface area contributed by atoms with E-state index in [9.17, 15) is 14.0 Å². The van der Waals surface area contributed by atoms with E-state index in [-0.39, 0.29) is 11.1 Å². The topological polar surface area (TPSA) is 55.2 Å². The maximum Gasteiger partial charge on any atom is 0.261 e. The lowest BCUT2D eigenvalue weighted by Crippen LogP contribution is -2.39. The molecule has 0 aliphatic rings. The molecule has 0 aliphatic heterocycles. The highest BCUT2D eigenvalue weighted by atomic mass is 35.5. The summed E-state index contributed by atoms with van der Waals surface area (Å²) in [6.07, 6.45) is 1.21. The first-order valence-electron chi connectivity index (χ1n) is 10.2. The van der Waals surface area contributed by atoms with Crippen LogP contribution >= 0.6 is 11.6 Å². The number of halogens is 2. The zero-order chi connectivity index (χ0) is 21.8. The van der Waals surface area contributed by atoms with E-state index in [1.54, 1.807) is 39.8 Å². The lowest BCUT2D eigenvalue weighted by atomic mass is 10.1. The van der Waals surface area contributed by atoms with Gasteiger partial charge in [0.05, 0.1) is 22.5 Å². The van der Waals surface area contributed by atoms with Gasteiger partial charge < -0.3 is 4.90 Å². The average Bonchev–Trinajstić information content (AvgIpc) is 2.73. The molecular formula is C23H25ClFN3O2. The smallest absolute Gasteiger partial charge is 0.261 e. The maximum atomic E-state index is 14.3. The molecule has 3 aromatic rings. The molecule has 30 heavy (non-hydrogen) atoms. The zero-order valence-corrected chi connectivity index (χ0v) is 18.1. The lowest BCUT2D eigenvalue weighted by Gasteiger charge is -2.32. The summed E-state index contributed by atoms with van der Waals surface area (Å²) in [6.45, 7) is 6.57. The Labute approximate surface area is 180 Å². The fourth-order valence-electron chi connectivity index (χ4n) is 3.74. The van der Waals surface area contributed by atoms with Gasteiger partial charge in [0.25, 0.3) is 11.5 Å². The average molecular weight is 430 g/mol. The van der Waals surface area contributed by atoms with E-state index < -0.39 is 17.8 Å². The van der Waals surface area contributed by atoms with Crippen LogP contribution in [0.25, 0.3) is 10.9 Å². The summed E-state index contributed by atoms with van der Waals surface area (Å²) in [4.78, 5) is 32.7. The van der Waals surface area contributed by atoms with Crippen LogP contribution in [0.3, 0.4) is 0 Å². The van der Waals surface area contributed by atoms with Gasteiger partial charge in [0, 0.05) is 18.1 Å². The van der Waals surface area contributed by atoms with Crippen molar-refractivity contribution >= 4 is 28.4 Å². The van der Waals surface area contributed by atoms with Crippen LogP contribution in [0, 0.1) is 5.82 Å².